The molecule has 0 saturated carbocycles. The molecule has 11 heteroatoms. The van der Waals surface area contributed by atoms with E-state index in [9.17, 15) is 19.7 Å². The predicted molar refractivity (Wildman–Crippen MR) is 134 cm³/mol. The van der Waals surface area contributed by atoms with Gasteiger partial charge < -0.3 is 25.3 Å². The van der Waals surface area contributed by atoms with Crippen LogP contribution in [0.4, 0.5) is 16.2 Å². The highest BCUT2D eigenvalue weighted by molar-refractivity contribution is 5.95. The van der Waals surface area contributed by atoms with E-state index in [1.165, 1.54) is 6.07 Å². The normalized spacial score (nSPS) is 11.9. The first kappa shape index (κ1) is 29.7. The number of carbonyl (C=O) groups excluding carboxylic acids is 2. The summed E-state index contributed by atoms with van der Waals surface area (Å²) < 4.78 is 16.0. The minimum absolute atomic E-state index is 0.0336. The van der Waals surface area contributed by atoms with Crippen LogP contribution in [0.2, 0.25) is 0 Å². The molecule has 35 heavy (non-hydrogen) atoms. The predicted octanol–water partition coefficient (Wildman–Crippen LogP) is 4.11. The lowest BCUT2D eigenvalue weighted by Crippen LogP contribution is -2.55. The van der Waals surface area contributed by atoms with Gasteiger partial charge in [-0.15, -0.1) is 0 Å². The Balaban J connectivity index is 2.91. The Hall–Kier alpha value is -3.34. The van der Waals surface area contributed by atoms with Crippen molar-refractivity contribution in [2.45, 2.75) is 59.0 Å². The second-order valence-electron chi connectivity index (χ2n) is 9.79. The zero-order valence-corrected chi connectivity index (χ0v) is 21.7. The van der Waals surface area contributed by atoms with Gasteiger partial charge in [0.15, 0.2) is 5.69 Å². The number of hydrogen-bond acceptors (Lipinski definition) is 8. The van der Waals surface area contributed by atoms with Crippen molar-refractivity contribution in [1.82, 2.24) is 4.90 Å². The zero-order chi connectivity index (χ0) is 26.8. The number of ether oxygens (including phenoxy) is 3. The zero-order valence-electron chi connectivity index (χ0n) is 21.7. The van der Waals surface area contributed by atoms with Gasteiger partial charge in [0, 0.05) is 49.4 Å². The number of carbonyl (C=O) groups is 2. The fourth-order valence-corrected chi connectivity index (χ4v) is 3.61. The smallest absolute Gasteiger partial charge is 0.410 e. The van der Waals surface area contributed by atoms with Crippen LogP contribution >= 0.6 is 0 Å². The SMILES string of the molecule is COCCCOc1cc(C(N)=O)cc([N+](=O)[O-])c1NC/C=C/COC(=O)N(C(C)(C)C)C(C)(C)C. The number of methoxy groups -OCH3 is 1. The molecule has 0 bridgehead atoms. The van der Waals surface area contributed by atoms with E-state index in [1.54, 1.807) is 24.2 Å². The van der Waals surface area contributed by atoms with Gasteiger partial charge in [0.1, 0.15) is 12.4 Å². The Morgan fingerprint density at radius 3 is 2.26 bits per heavy atom. The van der Waals surface area contributed by atoms with Gasteiger partial charge in [-0.2, -0.15) is 0 Å². The van der Waals surface area contributed by atoms with E-state index in [1.807, 2.05) is 41.5 Å². The topological polar surface area (TPSA) is 146 Å². The third-order valence-corrected chi connectivity index (χ3v) is 4.70. The number of rotatable bonds is 12. The number of nitrogens with one attached hydrogen (secondary N) is 1. The lowest BCUT2D eigenvalue weighted by Gasteiger charge is -2.44. The number of anilines is 1. The van der Waals surface area contributed by atoms with Crippen LogP contribution in [-0.2, 0) is 9.47 Å². The van der Waals surface area contributed by atoms with E-state index in [0.29, 0.717) is 13.0 Å². The van der Waals surface area contributed by atoms with E-state index in [2.05, 4.69) is 5.32 Å². The third kappa shape index (κ3) is 9.44. The van der Waals surface area contributed by atoms with Crippen LogP contribution in [0.15, 0.2) is 24.3 Å². The van der Waals surface area contributed by atoms with Crippen molar-refractivity contribution in [3.05, 3.63) is 40.0 Å². The molecular weight excluding hydrogens is 456 g/mol. The highest BCUT2D eigenvalue weighted by Gasteiger charge is 2.36. The molecule has 11 nitrogen and oxygen atoms in total. The molecule has 3 N–H and O–H groups in total. The van der Waals surface area contributed by atoms with E-state index < -0.39 is 28.0 Å². The van der Waals surface area contributed by atoms with Crippen molar-refractivity contribution < 1.29 is 28.7 Å². The highest BCUT2D eigenvalue weighted by atomic mass is 16.6. The second kappa shape index (κ2) is 12.9. The molecule has 0 atom stereocenters. The molecule has 0 aliphatic heterocycles. The Bertz CT molecular complexity index is 904. The number of benzene rings is 1. The number of nitro benzene ring substituents is 1. The van der Waals surface area contributed by atoms with Gasteiger partial charge in [0.05, 0.1) is 11.5 Å². The van der Waals surface area contributed by atoms with Crippen molar-refractivity contribution in [2.24, 2.45) is 5.73 Å². The largest absolute Gasteiger partial charge is 0.491 e. The van der Waals surface area contributed by atoms with Gasteiger partial charge in [-0.1, -0.05) is 6.08 Å². The minimum atomic E-state index is -0.803. The summed E-state index contributed by atoms with van der Waals surface area (Å²) in [5.41, 5.74) is 4.22. The van der Waals surface area contributed by atoms with Crippen LogP contribution in [0.1, 0.15) is 58.3 Å². The number of primary amides is 1. The molecule has 0 spiro atoms. The molecule has 0 unspecified atom stereocenters. The maximum Gasteiger partial charge on any atom is 0.410 e. The van der Waals surface area contributed by atoms with Gasteiger partial charge in [-0.3, -0.25) is 19.8 Å². The fraction of sp³-hybridized carbons (Fsp3) is 0.583. The molecule has 0 heterocycles. The van der Waals surface area contributed by atoms with Crippen LogP contribution < -0.4 is 15.8 Å². The standard InChI is InChI=1S/C24H38N4O7/c1-23(2,3)27(24(4,5)6)22(30)35-13-9-8-11-26-20-18(28(31)32)15-17(21(25)29)16-19(20)34-14-10-12-33-7/h8-9,15-16,26H,10-14H2,1-7H3,(H2,25,29)/b9-8+. The van der Waals surface area contributed by atoms with Crippen LogP contribution in [0.3, 0.4) is 0 Å². The summed E-state index contributed by atoms with van der Waals surface area (Å²) in [6.45, 7) is 12.5. The summed E-state index contributed by atoms with van der Waals surface area (Å²) in [6, 6.07) is 2.47. The molecule has 0 aliphatic carbocycles. The molecule has 196 valence electrons. The lowest BCUT2D eigenvalue weighted by atomic mass is 9.97. The Kier molecular flexibility index (Phi) is 11.0. The summed E-state index contributed by atoms with van der Waals surface area (Å²) in [5, 5.41) is 14.6. The summed E-state index contributed by atoms with van der Waals surface area (Å²) >= 11 is 0. The molecule has 2 amide bonds. The highest BCUT2D eigenvalue weighted by Crippen LogP contribution is 2.36. The molecule has 0 fully saturated rings. The number of hydrogen-bond donors (Lipinski definition) is 2. The summed E-state index contributed by atoms with van der Waals surface area (Å²) in [6.07, 6.45) is 3.42. The van der Waals surface area contributed by atoms with Crippen LogP contribution in [-0.4, -0.2) is 66.4 Å². The van der Waals surface area contributed by atoms with Crippen molar-refractivity contribution in [1.29, 1.82) is 0 Å². The average molecular weight is 495 g/mol. The van der Waals surface area contributed by atoms with Gasteiger partial charge in [-0.05, 0) is 53.7 Å². The molecule has 0 aliphatic rings. The molecule has 0 saturated heterocycles. The molecule has 0 aromatic heterocycles. The van der Waals surface area contributed by atoms with Crippen molar-refractivity contribution in [3.63, 3.8) is 0 Å². The first-order valence-electron chi connectivity index (χ1n) is 11.3. The van der Waals surface area contributed by atoms with Gasteiger partial charge >= 0.3 is 6.09 Å². The van der Waals surface area contributed by atoms with Gasteiger partial charge in [0.25, 0.3) is 5.69 Å². The molecular formula is C24H38N4O7. The van der Waals surface area contributed by atoms with Crippen LogP contribution in [0.5, 0.6) is 5.75 Å². The molecule has 0 radical (unpaired) electrons. The number of nitro groups is 1. The van der Waals surface area contributed by atoms with Crippen LogP contribution in [0, 0.1) is 10.1 Å². The van der Waals surface area contributed by atoms with E-state index >= 15 is 0 Å². The first-order valence-corrected chi connectivity index (χ1v) is 11.3. The second-order valence-corrected chi connectivity index (χ2v) is 9.79. The van der Waals surface area contributed by atoms with Gasteiger partial charge in [0.2, 0.25) is 5.91 Å². The first-order chi connectivity index (χ1) is 16.2. The maximum atomic E-state index is 12.6. The number of nitrogens with zero attached hydrogens (tertiary/aromatic N) is 2. The van der Waals surface area contributed by atoms with Crippen LogP contribution in [0.25, 0.3) is 0 Å². The molecule has 1 aromatic carbocycles. The Morgan fingerprint density at radius 2 is 1.74 bits per heavy atom. The molecule has 1 aromatic rings. The summed E-state index contributed by atoms with van der Waals surface area (Å²) in [4.78, 5) is 36.9. The van der Waals surface area contributed by atoms with Crippen molar-refractivity contribution >= 4 is 23.4 Å². The minimum Gasteiger partial charge on any atom is -0.491 e. The maximum absolute atomic E-state index is 12.6. The van der Waals surface area contributed by atoms with Crippen molar-refractivity contribution in [2.75, 3.05) is 38.8 Å². The lowest BCUT2D eigenvalue weighted by molar-refractivity contribution is -0.384. The van der Waals surface area contributed by atoms with E-state index in [-0.39, 0.29) is 42.4 Å². The van der Waals surface area contributed by atoms with E-state index in [0.717, 1.165) is 6.07 Å². The van der Waals surface area contributed by atoms with Gasteiger partial charge in [-0.25, -0.2) is 4.79 Å². The van der Waals surface area contributed by atoms with E-state index in [4.69, 9.17) is 19.9 Å². The van der Waals surface area contributed by atoms with Crippen molar-refractivity contribution in [3.8, 4) is 5.75 Å². The third-order valence-electron chi connectivity index (χ3n) is 4.70. The Morgan fingerprint density at radius 1 is 1.11 bits per heavy atom. The number of amides is 2. The fourth-order valence-electron chi connectivity index (χ4n) is 3.61. The molecule has 1 rings (SSSR count). The number of nitrogens with two attached hydrogens (primary N) is 1. The monoisotopic (exact) mass is 494 g/mol. The summed E-state index contributed by atoms with van der Waals surface area (Å²) in [5.74, 6) is -0.669. The Labute approximate surface area is 206 Å². The summed E-state index contributed by atoms with van der Waals surface area (Å²) in [7, 11) is 1.55. The quantitative estimate of drug-likeness (QED) is 0.191. The average Bonchev–Trinajstić information content (AvgIpc) is 2.71.